The fourth-order valence-corrected chi connectivity index (χ4v) is 1.92. The van der Waals surface area contributed by atoms with Crippen LogP contribution in [0, 0.1) is 4.77 Å². The Kier molecular flexibility index (Phi) is 2.53. The van der Waals surface area contributed by atoms with Crippen LogP contribution in [0.25, 0.3) is 11.3 Å². The Bertz CT molecular complexity index is 609. The molecule has 5 heteroatoms. The van der Waals surface area contributed by atoms with Crippen LogP contribution in [0.15, 0.2) is 30.5 Å². The first-order chi connectivity index (χ1) is 8.33. The van der Waals surface area contributed by atoms with Gasteiger partial charge in [-0.1, -0.05) is 0 Å². The van der Waals surface area contributed by atoms with Gasteiger partial charge in [0.2, 0.25) is 0 Å². The standard InChI is InChI=1S/C12H10N2O2S/c17-12-13-4-3-9(14-12)8-1-2-10-11(7-8)16-6-5-15-10/h1-4,7H,5-6H2,(H,13,14,17). The summed E-state index contributed by atoms with van der Waals surface area (Å²) in [6, 6.07) is 7.69. The zero-order valence-electron chi connectivity index (χ0n) is 8.97. The van der Waals surface area contributed by atoms with Gasteiger partial charge in [0.15, 0.2) is 16.3 Å². The van der Waals surface area contributed by atoms with E-state index in [9.17, 15) is 0 Å². The molecule has 0 saturated carbocycles. The Balaban J connectivity index is 2.07. The number of nitrogens with zero attached hydrogens (tertiary/aromatic N) is 1. The molecule has 0 saturated heterocycles. The lowest BCUT2D eigenvalue weighted by molar-refractivity contribution is 0.171. The molecule has 0 radical (unpaired) electrons. The summed E-state index contributed by atoms with van der Waals surface area (Å²) in [6.45, 7) is 1.19. The van der Waals surface area contributed by atoms with Crippen molar-refractivity contribution in [2.45, 2.75) is 0 Å². The molecule has 86 valence electrons. The minimum Gasteiger partial charge on any atom is -0.486 e. The lowest BCUT2D eigenvalue weighted by Gasteiger charge is -2.18. The molecule has 2 aromatic rings. The van der Waals surface area contributed by atoms with Crippen LogP contribution in [0.5, 0.6) is 11.5 Å². The number of aromatic nitrogens is 2. The number of hydrogen-bond donors (Lipinski definition) is 1. The third-order valence-corrected chi connectivity index (χ3v) is 2.74. The number of nitrogens with one attached hydrogen (secondary N) is 1. The van der Waals surface area contributed by atoms with E-state index in [4.69, 9.17) is 21.7 Å². The molecule has 4 nitrogen and oxygen atoms in total. The SMILES string of the molecule is S=c1nccc(-c2ccc3c(c2)OCCO3)[nH]1. The largest absolute Gasteiger partial charge is 0.486 e. The molecule has 0 aliphatic carbocycles. The van der Waals surface area contributed by atoms with Gasteiger partial charge in [-0.05, 0) is 36.5 Å². The van der Waals surface area contributed by atoms with E-state index in [2.05, 4.69) is 9.97 Å². The van der Waals surface area contributed by atoms with Crippen LogP contribution in [0.2, 0.25) is 0 Å². The number of fused-ring (bicyclic) bond motifs is 1. The van der Waals surface area contributed by atoms with Crippen molar-refractivity contribution in [1.29, 1.82) is 0 Å². The van der Waals surface area contributed by atoms with E-state index in [-0.39, 0.29) is 0 Å². The highest BCUT2D eigenvalue weighted by Gasteiger charge is 2.12. The van der Waals surface area contributed by atoms with E-state index >= 15 is 0 Å². The Morgan fingerprint density at radius 3 is 2.76 bits per heavy atom. The van der Waals surface area contributed by atoms with Gasteiger partial charge in [0.25, 0.3) is 0 Å². The molecule has 0 spiro atoms. The number of ether oxygens (including phenoxy) is 2. The first-order valence-electron chi connectivity index (χ1n) is 5.28. The van der Waals surface area contributed by atoms with Crippen LogP contribution in [-0.4, -0.2) is 23.2 Å². The van der Waals surface area contributed by atoms with Gasteiger partial charge in [-0.2, -0.15) is 0 Å². The minimum absolute atomic E-state index is 0.470. The Hall–Kier alpha value is -1.88. The number of aromatic amines is 1. The quantitative estimate of drug-likeness (QED) is 0.786. The number of benzene rings is 1. The van der Waals surface area contributed by atoms with Crippen molar-refractivity contribution in [1.82, 2.24) is 9.97 Å². The monoisotopic (exact) mass is 246 g/mol. The fourth-order valence-electron chi connectivity index (χ4n) is 1.75. The number of hydrogen-bond acceptors (Lipinski definition) is 4. The molecule has 0 unspecified atom stereocenters. The first-order valence-corrected chi connectivity index (χ1v) is 5.69. The van der Waals surface area contributed by atoms with Crippen molar-refractivity contribution in [3.63, 3.8) is 0 Å². The Morgan fingerprint density at radius 1 is 1.12 bits per heavy atom. The lowest BCUT2D eigenvalue weighted by Crippen LogP contribution is -2.15. The van der Waals surface area contributed by atoms with E-state index in [0.717, 1.165) is 22.8 Å². The molecule has 17 heavy (non-hydrogen) atoms. The van der Waals surface area contributed by atoms with Gasteiger partial charge in [-0.15, -0.1) is 0 Å². The van der Waals surface area contributed by atoms with Gasteiger partial charge >= 0.3 is 0 Å². The number of rotatable bonds is 1. The molecule has 0 amide bonds. The van der Waals surface area contributed by atoms with E-state index in [1.165, 1.54) is 0 Å². The van der Waals surface area contributed by atoms with E-state index in [1.807, 2.05) is 24.3 Å². The average molecular weight is 246 g/mol. The second-order valence-corrected chi connectivity index (χ2v) is 4.03. The van der Waals surface area contributed by atoms with E-state index in [1.54, 1.807) is 6.20 Å². The van der Waals surface area contributed by atoms with Crippen molar-refractivity contribution < 1.29 is 9.47 Å². The van der Waals surface area contributed by atoms with Crippen molar-refractivity contribution >= 4 is 12.2 Å². The highest BCUT2D eigenvalue weighted by molar-refractivity contribution is 7.71. The Labute approximate surface area is 103 Å². The summed E-state index contributed by atoms with van der Waals surface area (Å²) in [6.07, 6.45) is 1.69. The highest BCUT2D eigenvalue weighted by atomic mass is 32.1. The predicted molar refractivity (Wildman–Crippen MR) is 65.8 cm³/mol. The average Bonchev–Trinajstić information content (AvgIpc) is 2.38. The molecule has 0 fully saturated rings. The summed E-state index contributed by atoms with van der Waals surface area (Å²) in [5, 5.41) is 0. The summed E-state index contributed by atoms with van der Waals surface area (Å²) in [7, 11) is 0. The van der Waals surface area contributed by atoms with Crippen LogP contribution in [0.4, 0.5) is 0 Å². The maximum absolute atomic E-state index is 5.54. The van der Waals surface area contributed by atoms with Crippen molar-refractivity contribution in [2.24, 2.45) is 0 Å². The smallest absolute Gasteiger partial charge is 0.197 e. The van der Waals surface area contributed by atoms with Gasteiger partial charge in [0.05, 0.1) is 0 Å². The molecule has 2 heterocycles. The molecule has 1 aliphatic heterocycles. The first kappa shape index (κ1) is 10.3. The molecule has 1 aromatic heterocycles. The van der Waals surface area contributed by atoms with Crippen LogP contribution in [0.1, 0.15) is 0 Å². The summed E-state index contributed by atoms with van der Waals surface area (Å²) >= 11 is 5.00. The summed E-state index contributed by atoms with van der Waals surface area (Å²) < 4.78 is 11.5. The second-order valence-electron chi connectivity index (χ2n) is 3.65. The second kappa shape index (κ2) is 4.18. The lowest BCUT2D eigenvalue weighted by atomic mass is 10.1. The van der Waals surface area contributed by atoms with Crippen molar-refractivity contribution in [3.8, 4) is 22.8 Å². The van der Waals surface area contributed by atoms with Gasteiger partial charge in [0, 0.05) is 17.5 Å². The summed E-state index contributed by atoms with van der Waals surface area (Å²) in [5.41, 5.74) is 1.92. The molecular formula is C12H10N2O2S. The predicted octanol–water partition coefficient (Wildman–Crippen LogP) is 2.58. The van der Waals surface area contributed by atoms with Gasteiger partial charge in [0.1, 0.15) is 13.2 Å². The molecule has 1 N–H and O–H groups in total. The van der Waals surface area contributed by atoms with Gasteiger partial charge < -0.3 is 14.5 Å². The summed E-state index contributed by atoms with van der Waals surface area (Å²) in [4.78, 5) is 6.99. The third-order valence-electron chi connectivity index (χ3n) is 2.53. The van der Waals surface area contributed by atoms with Crippen LogP contribution in [-0.2, 0) is 0 Å². The van der Waals surface area contributed by atoms with E-state index < -0.39 is 0 Å². The fraction of sp³-hybridized carbons (Fsp3) is 0.167. The van der Waals surface area contributed by atoms with Crippen molar-refractivity contribution in [3.05, 3.63) is 35.2 Å². The maximum Gasteiger partial charge on any atom is 0.197 e. The Morgan fingerprint density at radius 2 is 1.94 bits per heavy atom. The zero-order chi connectivity index (χ0) is 11.7. The normalized spacial score (nSPS) is 13.4. The van der Waals surface area contributed by atoms with Gasteiger partial charge in [-0.25, -0.2) is 4.98 Å². The number of H-pyrrole nitrogens is 1. The molecule has 1 aliphatic rings. The summed E-state index contributed by atoms with van der Waals surface area (Å²) in [5.74, 6) is 1.55. The van der Waals surface area contributed by atoms with Crippen LogP contribution < -0.4 is 9.47 Å². The topological polar surface area (TPSA) is 47.1 Å². The van der Waals surface area contributed by atoms with Crippen LogP contribution in [0.3, 0.4) is 0 Å². The maximum atomic E-state index is 5.54. The zero-order valence-corrected chi connectivity index (χ0v) is 9.79. The minimum atomic E-state index is 0.470. The van der Waals surface area contributed by atoms with Gasteiger partial charge in [-0.3, -0.25) is 0 Å². The molecule has 1 aromatic carbocycles. The molecular weight excluding hydrogens is 236 g/mol. The molecule has 3 rings (SSSR count). The molecule has 0 bridgehead atoms. The van der Waals surface area contributed by atoms with E-state index in [0.29, 0.717) is 18.0 Å². The van der Waals surface area contributed by atoms with Crippen molar-refractivity contribution in [2.75, 3.05) is 13.2 Å². The third kappa shape index (κ3) is 2.01. The molecule has 0 atom stereocenters. The highest BCUT2D eigenvalue weighted by Crippen LogP contribution is 2.33. The van der Waals surface area contributed by atoms with Crippen LogP contribution >= 0.6 is 12.2 Å².